The zero-order chi connectivity index (χ0) is 26.2. The minimum absolute atomic E-state index is 0.117. The van der Waals surface area contributed by atoms with E-state index in [0.717, 1.165) is 11.3 Å². The molecule has 0 bridgehead atoms. The van der Waals surface area contributed by atoms with Gasteiger partial charge >= 0.3 is 0 Å². The van der Waals surface area contributed by atoms with Crippen LogP contribution < -0.4 is 4.72 Å². The van der Waals surface area contributed by atoms with Crippen LogP contribution in [0.2, 0.25) is 0 Å². The molecule has 1 saturated heterocycles. The molecule has 0 aliphatic carbocycles. The number of anilines is 1. The fourth-order valence-electron chi connectivity index (χ4n) is 4.26. The van der Waals surface area contributed by atoms with Crippen LogP contribution in [-0.2, 0) is 10.0 Å². The quantitative estimate of drug-likeness (QED) is 0.412. The van der Waals surface area contributed by atoms with Gasteiger partial charge in [0.15, 0.2) is 0 Å². The molecular formula is C26H23FN4O4S2. The topological polar surface area (TPSA) is 99.7 Å². The average molecular weight is 539 g/mol. The SMILES string of the molecule is Cc1c(S(=O)(=O)Nc2ccc(C(=O)N3CCN(C(=O)c4ccccn4)CC3)cc2)sc2ccc(F)cc12. The molecule has 4 aromatic rings. The maximum atomic E-state index is 13.6. The maximum Gasteiger partial charge on any atom is 0.272 e. The minimum Gasteiger partial charge on any atom is -0.335 e. The number of fused-ring (bicyclic) bond motifs is 1. The first-order chi connectivity index (χ1) is 17.7. The van der Waals surface area contributed by atoms with Crippen LogP contribution in [-0.4, -0.2) is 61.2 Å². The van der Waals surface area contributed by atoms with Crippen molar-refractivity contribution in [2.45, 2.75) is 11.1 Å². The van der Waals surface area contributed by atoms with E-state index in [1.165, 1.54) is 24.3 Å². The van der Waals surface area contributed by atoms with Crippen LogP contribution in [0.4, 0.5) is 10.1 Å². The summed E-state index contributed by atoms with van der Waals surface area (Å²) in [5.74, 6) is -0.781. The van der Waals surface area contributed by atoms with Gasteiger partial charge in [0.25, 0.3) is 21.8 Å². The van der Waals surface area contributed by atoms with Crippen molar-refractivity contribution in [2.75, 3.05) is 30.9 Å². The number of hydrogen-bond donors (Lipinski definition) is 1. The van der Waals surface area contributed by atoms with Crippen molar-refractivity contribution in [1.82, 2.24) is 14.8 Å². The molecule has 3 heterocycles. The van der Waals surface area contributed by atoms with E-state index >= 15 is 0 Å². The molecule has 190 valence electrons. The Balaban J connectivity index is 1.23. The van der Waals surface area contributed by atoms with E-state index in [0.29, 0.717) is 58.8 Å². The van der Waals surface area contributed by atoms with Crippen LogP contribution in [0.25, 0.3) is 10.1 Å². The Hall–Kier alpha value is -3.83. The lowest BCUT2D eigenvalue weighted by molar-refractivity contribution is 0.0532. The molecule has 0 saturated carbocycles. The summed E-state index contributed by atoms with van der Waals surface area (Å²) in [7, 11) is -3.90. The average Bonchev–Trinajstić information content (AvgIpc) is 3.25. The highest BCUT2D eigenvalue weighted by Crippen LogP contribution is 2.35. The van der Waals surface area contributed by atoms with Crippen LogP contribution in [0, 0.1) is 12.7 Å². The number of piperazine rings is 1. The number of halogens is 1. The zero-order valence-corrected chi connectivity index (χ0v) is 21.5. The number of hydrogen-bond acceptors (Lipinski definition) is 6. The molecule has 2 aromatic carbocycles. The summed E-state index contributed by atoms with van der Waals surface area (Å²) in [4.78, 5) is 33.0. The van der Waals surface area contributed by atoms with Gasteiger partial charge in [0.1, 0.15) is 15.7 Å². The van der Waals surface area contributed by atoms with E-state index < -0.39 is 15.8 Å². The summed E-state index contributed by atoms with van der Waals surface area (Å²) >= 11 is 1.08. The molecule has 37 heavy (non-hydrogen) atoms. The monoisotopic (exact) mass is 538 g/mol. The summed E-state index contributed by atoms with van der Waals surface area (Å²) in [5, 5.41) is 0.563. The van der Waals surface area contributed by atoms with Crippen LogP contribution in [0.3, 0.4) is 0 Å². The van der Waals surface area contributed by atoms with Crippen LogP contribution >= 0.6 is 11.3 Å². The van der Waals surface area contributed by atoms with Crippen LogP contribution in [0.15, 0.2) is 71.1 Å². The molecule has 0 unspecified atom stereocenters. The third-order valence-electron chi connectivity index (χ3n) is 6.22. The highest BCUT2D eigenvalue weighted by Gasteiger charge is 2.26. The number of nitrogens with zero attached hydrogens (tertiary/aromatic N) is 3. The van der Waals surface area contributed by atoms with E-state index in [-0.39, 0.29) is 16.0 Å². The van der Waals surface area contributed by atoms with Crippen molar-refractivity contribution >= 4 is 48.9 Å². The van der Waals surface area contributed by atoms with E-state index in [2.05, 4.69) is 9.71 Å². The van der Waals surface area contributed by atoms with Gasteiger partial charge in [-0.2, -0.15) is 0 Å². The second-order valence-corrected chi connectivity index (χ2v) is 11.6. The second-order valence-electron chi connectivity index (χ2n) is 8.64. The molecule has 1 aliphatic heterocycles. The number of pyridine rings is 1. The lowest BCUT2D eigenvalue weighted by Gasteiger charge is -2.34. The first-order valence-corrected chi connectivity index (χ1v) is 13.8. The van der Waals surface area contributed by atoms with E-state index in [1.807, 2.05) is 0 Å². The van der Waals surface area contributed by atoms with E-state index in [4.69, 9.17) is 0 Å². The minimum atomic E-state index is -3.90. The molecule has 2 amide bonds. The number of thiophene rings is 1. The van der Waals surface area contributed by atoms with Gasteiger partial charge in [-0.15, -0.1) is 11.3 Å². The highest BCUT2D eigenvalue weighted by molar-refractivity contribution is 7.94. The third-order valence-corrected chi connectivity index (χ3v) is 9.50. The Morgan fingerprint density at radius 2 is 1.62 bits per heavy atom. The number of carbonyl (C=O) groups is 2. The number of sulfonamides is 1. The van der Waals surface area contributed by atoms with Crippen molar-refractivity contribution in [3.8, 4) is 0 Å². The van der Waals surface area contributed by atoms with Crippen molar-refractivity contribution in [3.05, 3.63) is 89.5 Å². The van der Waals surface area contributed by atoms with Gasteiger partial charge < -0.3 is 9.80 Å². The third kappa shape index (κ3) is 5.05. The molecular weight excluding hydrogens is 515 g/mol. The normalized spacial score (nSPS) is 14.1. The van der Waals surface area contributed by atoms with E-state index in [1.54, 1.807) is 59.3 Å². The smallest absolute Gasteiger partial charge is 0.272 e. The Morgan fingerprint density at radius 1 is 0.946 bits per heavy atom. The number of aromatic nitrogens is 1. The number of aryl methyl sites for hydroxylation is 1. The molecule has 0 spiro atoms. The fourth-order valence-corrected chi connectivity index (χ4v) is 7.06. The molecule has 1 N–H and O–H groups in total. The Bertz CT molecular complexity index is 1580. The zero-order valence-electron chi connectivity index (χ0n) is 19.8. The number of amides is 2. The van der Waals surface area contributed by atoms with Crippen molar-refractivity contribution < 1.29 is 22.4 Å². The molecule has 11 heteroatoms. The van der Waals surface area contributed by atoms with Crippen LogP contribution in [0.1, 0.15) is 26.4 Å². The summed E-state index contributed by atoms with van der Waals surface area (Å²) in [6, 6.07) is 15.6. The predicted octanol–water partition coefficient (Wildman–Crippen LogP) is 4.14. The lowest BCUT2D eigenvalue weighted by atomic mass is 10.1. The summed E-state index contributed by atoms with van der Waals surface area (Å²) in [5.41, 5.74) is 1.59. The molecule has 8 nitrogen and oxygen atoms in total. The largest absolute Gasteiger partial charge is 0.335 e. The van der Waals surface area contributed by atoms with Gasteiger partial charge in [-0.25, -0.2) is 12.8 Å². The van der Waals surface area contributed by atoms with Gasteiger partial charge in [-0.3, -0.25) is 19.3 Å². The highest BCUT2D eigenvalue weighted by atomic mass is 32.2. The molecule has 1 fully saturated rings. The van der Waals surface area contributed by atoms with Gasteiger partial charge in [0.2, 0.25) is 0 Å². The van der Waals surface area contributed by atoms with Crippen molar-refractivity contribution in [1.29, 1.82) is 0 Å². The van der Waals surface area contributed by atoms with Gasteiger partial charge in [-0.05, 0) is 72.5 Å². The molecule has 5 rings (SSSR count). The van der Waals surface area contributed by atoms with Crippen molar-refractivity contribution in [3.63, 3.8) is 0 Å². The van der Waals surface area contributed by atoms with Gasteiger partial charge in [0, 0.05) is 48.3 Å². The first kappa shape index (κ1) is 24.8. The Labute approximate surface area is 217 Å². The van der Waals surface area contributed by atoms with Crippen LogP contribution in [0.5, 0.6) is 0 Å². The van der Waals surface area contributed by atoms with Gasteiger partial charge in [0.05, 0.1) is 0 Å². The van der Waals surface area contributed by atoms with Crippen molar-refractivity contribution in [2.24, 2.45) is 0 Å². The summed E-state index contributed by atoms with van der Waals surface area (Å²) in [6.07, 6.45) is 1.57. The lowest BCUT2D eigenvalue weighted by Crippen LogP contribution is -2.50. The molecule has 1 aliphatic rings. The predicted molar refractivity (Wildman–Crippen MR) is 140 cm³/mol. The fraction of sp³-hybridized carbons (Fsp3) is 0.192. The molecule has 2 aromatic heterocycles. The maximum absolute atomic E-state index is 13.6. The molecule has 0 radical (unpaired) electrons. The number of carbonyl (C=O) groups excluding carboxylic acids is 2. The summed E-state index contributed by atoms with van der Waals surface area (Å²) in [6.45, 7) is 3.22. The Morgan fingerprint density at radius 3 is 2.27 bits per heavy atom. The Kier molecular flexibility index (Phi) is 6.65. The second kappa shape index (κ2) is 9.91. The number of benzene rings is 2. The first-order valence-electron chi connectivity index (χ1n) is 11.5. The standard InChI is InChI=1S/C26H23FN4O4S2/c1-17-21-16-19(27)7-10-23(21)36-26(17)37(34,35)29-20-8-5-18(6-9-20)24(32)30-12-14-31(15-13-30)25(33)22-4-2-3-11-28-22/h2-11,16,29H,12-15H2,1H3. The number of rotatable bonds is 5. The molecule has 0 atom stereocenters. The summed E-state index contributed by atoms with van der Waals surface area (Å²) < 4.78 is 43.0. The number of nitrogens with one attached hydrogen (secondary N) is 1. The van der Waals surface area contributed by atoms with E-state index in [9.17, 15) is 22.4 Å². The van der Waals surface area contributed by atoms with Gasteiger partial charge in [-0.1, -0.05) is 6.07 Å².